The molecule has 3 aromatic rings. The average molecular weight is 426 g/mol. The average Bonchev–Trinajstić information content (AvgIpc) is 3.47. The number of ketones is 1. The molecular weight excluding hydrogens is 404 g/mol. The lowest BCUT2D eigenvalue weighted by atomic mass is 10.0. The molecule has 0 radical (unpaired) electrons. The molecule has 1 fully saturated rings. The molecule has 2 aliphatic heterocycles. The highest BCUT2D eigenvalue weighted by atomic mass is 16.6. The minimum Gasteiger partial charge on any atom is -0.452 e. The maximum Gasteiger partial charge on any atom is 0.340 e. The molecule has 2 aliphatic rings. The highest BCUT2D eigenvalue weighted by Gasteiger charge is 2.32. The number of ether oxygens (including phenoxy) is 3. The third-order valence-corrected chi connectivity index (χ3v) is 5.76. The summed E-state index contributed by atoms with van der Waals surface area (Å²) in [6, 6.07) is 21.3. The molecule has 0 saturated carbocycles. The summed E-state index contributed by atoms with van der Waals surface area (Å²) in [7, 11) is 0. The van der Waals surface area contributed by atoms with Gasteiger partial charge in [0.25, 0.3) is 0 Å². The molecule has 32 heavy (non-hydrogen) atoms. The predicted octanol–water partition coefficient (Wildman–Crippen LogP) is 5.36. The molecule has 1 atom stereocenters. The Morgan fingerprint density at radius 2 is 1.75 bits per heavy atom. The van der Waals surface area contributed by atoms with Crippen molar-refractivity contribution in [1.29, 1.82) is 0 Å². The third-order valence-electron chi connectivity index (χ3n) is 5.76. The smallest absolute Gasteiger partial charge is 0.340 e. The number of esters is 1. The summed E-state index contributed by atoms with van der Waals surface area (Å²) in [5, 5.41) is 0. The number of fused-ring (bicyclic) bond motifs is 1. The van der Waals surface area contributed by atoms with E-state index in [9.17, 15) is 9.59 Å². The normalized spacial score (nSPS) is 18.5. The predicted molar refractivity (Wildman–Crippen MR) is 121 cm³/mol. The van der Waals surface area contributed by atoms with Crippen molar-refractivity contribution in [2.75, 3.05) is 6.61 Å². The number of benzene rings is 3. The molecule has 1 saturated heterocycles. The zero-order valence-electron chi connectivity index (χ0n) is 17.7. The monoisotopic (exact) mass is 426 g/mol. The minimum atomic E-state index is -0.528. The fourth-order valence-corrected chi connectivity index (χ4v) is 3.97. The van der Waals surface area contributed by atoms with Gasteiger partial charge in [0, 0.05) is 12.2 Å². The van der Waals surface area contributed by atoms with Crippen molar-refractivity contribution in [1.82, 2.24) is 0 Å². The molecule has 2 heterocycles. The lowest BCUT2D eigenvalue weighted by Gasteiger charge is -2.12. The number of hydrogen-bond acceptors (Lipinski definition) is 5. The van der Waals surface area contributed by atoms with Gasteiger partial charge in [-0.15, -0.1) is 0 Å². The van der Waals surface area contributed by atoms with Gasteiger partial charge in [-0.3, -0.25) is 4.79 Å². The van der Waals surface area contributed by atoms with Crippen LogP contribution in [-0.4, -0.2) is 24.5 Å². The van der Waals surface area contributed by atoms with Gasteiger partial charge in [-0.05, 0) is 54.7 Å². The number of rotatable bonds is 4. The first-order valence-corrected chi connectivity index (χ1v) is 10.7. The largest absolute Gasteiger partial charge is 0.452 e. The highest BCUT2D eigenvalue weighted by molar-refractivity contribution is 6.15. The minimum absolute atomic E-state index is 0.188. The second-order valence-corrected chi connectivity index (χ2v) is 7.92. The number of carbonyl (C=O) groups is 2. The van der Waals surface area contributed by atoms with Crippen LogP contribution in [0.15, 0.2) is 72.5 Å². The van der Waals surface area contributed by atoms with Crippen molar-refractivity contribution in [2.24, 2.45) is 0 Å². The maximum atomic E-state index is 12.9. The van der Waals surface area contributed by atoms with E-state index in [2.05, 4.69) is 12.1 Å². The quantitative estimate of drug-likeness (QED) is 0.319. The molecular formula is C27H22O5. The van der Waals surface area contributed by atoms with Crippen LogP contribution >= 0.6 is 0 Å². The Hall–Kier alpha value is -3.70. The van der Waals surface area contributed by atoms with E-state index in [4.69, 9.17) is 14.2 Å². The van der Waals surface area contributed by atoms with E-state index in [1.165, 1.54) is 0 Å². The first kappa shape index (κ1) is 20.2. The summed E-state index contributed by atoms with van der Waals surface area (Å²) in [6.45, 7) is 2.35. The first-order chi connectivity index (χ1) is 15.6. The standard InChI is InChI=1S/C27H22O5/c1-17-22(32-27(29)23-8-5-15-30-23)14-13-21-25(28)24(31-26(17)21)16-18-9-11-20(12-10-18)19-6-3-2-4-7-19/h2-4,6-7,9-14,16,23H,5,8,15H2,1H3/b24-16-. The molecule has 1 unspecified atom stereocenters. The van der Waals surface area contributed by atoms with E-state index in [0.717, 1.165) is 23.1 Å². The lowest BCUT2D eigenvalue weighted by molar-refractivity contribution is -0.144. The Morgan fingerprint density at radius 3 is 2.47 bits per heavy atom. The summed E-state index contributed by atoms with van der Waals surface area (Å²) in [4.78, 5) is 25.2. The summed E-state index contributed by atoms with van der Waals surface area (Å²) < 4.78 is 16.8. The Morgan fingerprint density at radius 1 is 1.00 bits per heavy atom. The zero-order valence-corrected chi connectivity index (χ0v) is 17.7. The van der Waals surface area contributed by atoms with Crippen molar-refractivity contribution in [3.63, 3.8) is 0 Å². The van der Waals surface area contributed by atoms with Crippen LogP contribution in [0, 0.1) is 6.92 Å². The summed E-state index contributed by atoms with van der Waals surface area (Å²) >= 11 is 0. The van der Waals surface area contributed by atoms with Crippen LogP contribution in [0.2, 0.25) is 0 Å². The fourth-order valence-electron chi connectivity index (χ4n) is 3.97. The number of Topliss-reactive ketones (excluding diaryl/α,β-unsaturated/α-hetero) is 1. The first-order valence-electron chi connectivity index (χ1n) is 10.7. The molecule has 0 aliphatic carbocycles. The molecule has 0 N–H and O–H groups in total. The van der Waals surface area contributed by atoms with Gasteiger partial charge >= 0.3 is 5.97 Å². The highest BCUT2D eigenvalue weighted by Crippen LogP contribution is 2.39. The Kier molecular flexibility index (Phi) is 5.33. The lowest BCUT2D eigenvalue weighted by Crippen LogP contribution is -2.25. The van der Waals surface area contributed by atoms with Gasteiger partial charge in [-0.25, -0.2) is 4.79 Å². The van der Waals surface area contributed by atoms with Crippen molar-refractivity contribution in [3.05, 3.63) is 89.2 Å². The van der Waals surface area contributed by atoms with Gasteiger partial charge in [-0.2, -0.15) is 0 Å². The van der Waals surface area contributed by atoms with Crippen molar-refractivity contribution in [3.8, 4) is 22.6 Å². The van der Waals surface area contributed by atoms with Crippen molar-refractivity contribution < 1.29 is 23.8 Å². The molecule has 0 spiro atoms. The van der Waals surface area contributed by atoms with E-state index in [0.29, 0.717) is 35.7 Å². The molecule has 5 nitrogen and oxygen atoms in total. The van der Waals surface area contributed by atoms with Crippen molar-refractivity contribution >= 4 is 17.8 Å². The number of carbonyl (C=O) groups excluding carboxylic acids is 2. The molecule has 0 amide bonds. The number of allylic oxidation sites excluding steroid dienone is 1. The van der Waals surface area contributed by atoms with E-state index in [-0.39, 0.29) is 11.5 Å². The maximum absolute atomic E-state index is 12.9. The van der Waals surface area contributed by atoms with Crippen molar-refractivity contribution in [2.45, 2.75) is 25.9 Å². The van der Waals surface area contributed by atoms with Gasteiger partial charge in [0.1, 0.15) is 11.5 Å². The SMILES string of the molecule is Cc1c(OC(=O)C2CCCO2)ccc2c1O/C(=C\c1ccc(-c3ccccc3)cc1)C2=O. The molecule has 0 bridgehead atoms. The van der Waals surface area contributed by atoms with Crippen LogP contribution in [0.4, 0.5) is 0 Å². The second kappa shape index (κ2) is 8.44. The van der Waals surface area contributed by atoms with E-state index in [1.54, 1.807) is 25.1 Å². The van der Waals surface area contributed by atoms with Gasteiger partial charge < -0.3 is 14.2 Å². The molecule has 0 aromatic heterocycles. The van der Waals surface area contributed by atoms with Crippen LogP contribution in [0.3, 0.4) is 0 Å². The van der Waals surface area contributed by atoms with Crippen LogP contribution in [0.25, 0.3) is 17.2 Å². The van der Waals surface area contributed by atoms with Crippen LogP contribution in [0.5, 0.6) is 11.5 Å². The fraction of sp³-hybridized carbons (Fsp3) is 0.185. The van der Waals surface area contributed by atoms with E-state index >= 15 is 0 Å². The number of hydrogen-bond donors (Lipinski definition) is 0. The van der Waals surface area contributed by atoms with Crippen LogP contribution in [0.1, 0.15) is 34.3 Å². The van der Waals surface area contributed by atoms with E-state index < -0.39 is 12.1 Å². The van der Waals surface area contributed by atoms with Crippen LogP contribution < -0.4 is 9.47 Å². The topological polar surface area (TPSA) is 61.8 Å². The van der Waals surface area contributed by atoms with Gasteiger partial charge in [0.05, 0.1) is 5.56 Å². The zero-order chi connectivity index (χ0) is 22.1. The third kappa shape index (κ3) is 3.83. The molecule has 160 valence electrons. The van der Waals surface area contributed by atoms with E-state index in [1.807, 2.05) is 42.5 Å². The molecule has 3 aromatic carbocycles. The van der Waals surface area contributed by atoms with Gasteiger partial charge in [-0.1, -0.05) is 54.6 Å². The Labute approximate surface area is 186 Å². The summed E-state index contributed by atoms with van der Waals surface area (Å²) in [5.74, 6) is 0.458. The Balaban J connectivity index is 1.36. The molecule has 5 heteroatoms. The summed E-state index contributed by atoms with van der Waals surface area (Å²) in [6.07, 6.45) is 2.71. The van der Waals surface area contributed by atoms with Gasteiger partial charge in [0.2, 0.25) is 5.78 Å². The van der Waals surface area contributed by atoms with Crippen LogP contribution in [-0.2, 0) is 9.53 Å². The summed E-state index contributed by atoms with van der Waals surface area (Å²) in [5.41, 5.74) is 4.18. The second-order valence-electron chi connectivity index (χ2n) is 7.92. The molecule has 5 rings (SSSR count). The Bertz CT molecular complexity index is 1200. The van der Waals surface area contributed by atoms with Gasteiger partial charge in [0.15, 0.2) is 11.9 Å².